The molecule has 0 spiro atoms. The minimum atomic E-state index is 0.557. The molecule has 0 bridgehead atoms. The van der Waals surface area contributed by atoms with Crippen LogP contribution in [0.3, 0.4) is 0 Å². The molecule has 1 N–H and O–H groups in total. The molecule has 0 saturated heterocycles. The molecule has 1 aromatic heterocycles. The summed E-state index contributed by atoms with van der Waals surface area (Å²) < 4.78 is 0. The molecule has 1 atom stereocenters. The van der Waals surface area contributed by atoms with Gasteiger partial charge in [0.2, 0.25) is 5.13 Å². The highest BCUT2D eigenvalue weighted by atomic mass is 32.1. The van der Waals surface area contributed by atoms with Gasteiger partial charge in [-0.2, -0.15) is 5.10 Å². The van der Waals surface area contributed by atoms with Crippen molar-refractivity contribution in [1.29, 1.82) is 0 Å². The Labute approximate surface area is 123 Å². The van der Waals surface area contributed by atoms with Crippen molar-refractivity contribution in [3.05, 3.63) is 47.9 Å². The van der Waals surface area contributed by atoms with Crippen molar-refractivity contribution in [3.8, 4) is 11.3 Å². The second-order valence-corrected chi connectivity index (χ2v) is 5.70. The largest absolute Gasteiger partial charge is 0.253 e. The van der Waals surface area contributed by atoms with Crippen LogP contribution in [0.4, 0.5) is 5.13 Å². The SMILES string of the molecule is C1=CC[C@H](/C=N\Nc2nc(-c3ccccc3)cs2)CC1. The lowest BCUT2D eigenvalue weighted by molar-refractivity contribution is 0.627. The summed E-state index contributed by atoms with van der Waals surface area (Å²) in [7, 11) is 0. The summed E-state index contributed by atoms with van der Waals surface area (Å²) in [5, 5.41) is 7.20. The number of nitrogens with zero attached hydrogens (tertiary/aromatic N) is 2. The van der Waals surface area contributed by atoms with Gasteiger partial charge < -0.3 is 0 Å². The van der Waals surface area contributed by atoms with Crippen molar-refractivity contribution in [3.63, 3.8) is 0 Å². The first-order valence-corrected chi connectivity index (χ1v) is 7.75. The molecule has 0 saturated carbocycles. The summed E-state index contributed by atoms with van der Waals surface area (Å²) in [6.45, 7) is 0. The number of aromatic nitrogens is 1. The van der Waals surface area contributed by atoms with Crippen LogP contribution in [0.5, 0.6) is 0 Å². The molecule has 102 valence electrons. The van der Waals surface area contributed by atoms with Gasteiger partial charge >= 0.3 is 0 Å². The van der Waals surface area contributed by atoms with E-state index in [1.165, 1.54) is 6.42 Å². The van der Waals surface area contributed by atoms with Crippen molar-refractivity contribution in [2.75, 3.05) is 5.43 Å². The van der Waals surface area contributed by atoms with Gasteiger partial charge in [-0.1, -0.05) is 42.5 Å². The maximum atomic E-state index is 4.54. The maximum absolute atomic E-state index is 4.54. The van der Waals surface area contributed by atoms with Crippen LogP contribution in [0.1, 0.15) is 19.3 Å². The molecule has 3 rings (SSSR count). The van der Waals surface area contributed by atoms with Gasteiger partial charge in [-0.15, -0.1) is 11.3 Å². The van der Waals surface area contributed by atoms with E-state index in [1.807, 2.05) is 24.4 Å². The van der Waals surface area contributed by atoms with Crippen LogP contribution >= 0.6 is 11.3 Å². The van der Waals surface area contributed by atoms with Crippen molar-refractivity contribution < 1.29 is 0 Å². The summed E-state index contributed by atoms with van der Waals surface area (Å²) in [4.78, 5) is 4.54. The molecule has 1 aliphatic carbocycles. The molecule has 1 aromatic carbocycles. The van der Waals surface area contributed by atoms with E-state index in [2.05, 4.69) is 45.2 Å². The average molecular weight is 283 g/mol. The third kappa shape index (κ3) is 3.33. The van der Waals surface area contributed by atoms with Crippen molar-refractivity contribution >= 4 is 22.7 Å². The van der Waals surface area contributed by atoms with Gasteiger partial charge in [-0.05, 0) is 25.2 Å². The zero-order valence-corrected chi connectivity index (χ0v) is 12.0. The summed E-state index contributed by atoms with van der Waals surface area (Å²) in [6, 6.07) is 10.2. The number of nitrogens with one attached hydrogen (secondary N) is 1. The molecule has 20 heavy (non-hydrogen) atoms. The third-order valence-electron chi connectivity index (χ3n) is 3.33. The number of thiazole rings is 1. The molecule has 0 unspecified atom stereocenters. The Balaban J connectivity index is 1.60. The lowest BCUT2D eigenvalue weighted by atomic mass is 9.96. The minimum absolute atomic E-state index is 0.557. The molecular weight excluding hydrogens is 266 g/mol. The monoisotopic (exact) mass is 283 g/mol. The van der Waals surface area contributed by atoms with E-state index in [0.717, 1.165) is 29.2 Å². The smallest absolute Gasteiger partial charge is 0.203 e. The van der Waals surface area contributed by atoms with E-state index in [0.29, 0.717) is 5.92 Å². The second kappa shape index (κ2) is 6.48. The van der Waals surface area contributed by atoms with Crippen LogP contribution < -0.4 is 5.43 Å². The van der Waals surface area contributed by atoms with Gasteiger partial charge in [0.05, 0.1) is 5.69 Å². The number of hydrazone groups is 1. The number of anilines is 1. The number of hydrogen-bond donors (Lipinski definition) is 1. The van der Waals surface area contributed by atoms with Crippen LogP contribution in [0, 0.1) is 5.92 Å². The predicted molar refractivity (Wildman–Crippen MR) is 86.1 cm³/mol. The summed E-state index contributed by atoms with van der Waals surface area (Å²) in [6.07, 6.45) is 9.92. The summed E-state index contributed by atoms with van der Waals surface area (Å²) in [5.74, 6) is 0.557. The molecule has 3 nitrogen and oxygen atoms in total. The Morgan fingerprint density at radius 2 is 2.15 bits per heavy atom. The Morgan fingerprint density at radius 1 is 1.25 bits per heavy atom. The first-order chi connectivity index (χ1) is 9.92. The molecule has 4 heteroatoms. The van der Waals surface area contributed by atoms with E-state index in [1.54, 1.807) is 11.3 Å². The van der Waals surface area contributed by atoms with Crippen molar-refractivity contribution in [2.45, 2.75) is 19.3 Å². The van der Waals surface area contributed by atoms with E-state index in [4.69, 9.17) is 0 Å². The zero-order valence-electron chi connectivity index (χ0n) is 11.2. The Hall–Kier alpha value is -1.94. The van der Waals surface area contributed by atoms with Crippen molar-refractivity contribution in [2.24, 2.45) is 11.0 Å². The Bertz CT molecular complexity index is 601. The fraction of sp³-hybridized carbons (Fsp3) is 0.250. The minimum Gasteiger partial charge on any atom is -0.253 e. The molecule has 0 radical (unpaired) electrons. The van der Waals surface area contributed by atoms with Gasteiger partial charge in [0.15, 0.2) is 0 Å². The van der Waals surface area contributed by atoms with Gasteiger partial charge in [0, 0.05) is 17.2 Å². The van der Waals surface area contributed by atoms with Gasteiger partial charge in [-0.3, -0.25) is 5.43 Å². The Morgan fingerprint density at radius 3 is 2.95 bits per heavy atom. The average Bonchev–Trinajstić information content (AvgIpc) is 2.98. The van der Waals surface area contributed by atoms with Crippen LogP contribution in [0.2, 0.25) is 0 Å². The summed E-state index contributed by atoms with van der Waals surface area (Å²) in [5.41, 5.74) is 5.17. The fourth-order valence-corrected chi connectivity index (χ4v) is 2.89. The van der Waals surface area contributed by atoms with Crippen LogP contribution in [-0.4, -0.2) is 11.2 Å². The molecule has 0 fully saturated rings. The van der Waals surface area contributed by atoms with Gasteiger partial charge in [0.25, 0.3) is 0 Å². The molecule has 1 heterocycles. The van der Waals surface area contributed by atoms with Crippen LogP contribution in [-0.2, 0) is 0 Å². The number of benzene rings is 1. The quantitative estimate of drug-likeness (QED) is 0.507. The highest BCUT2D eigenvalue weighted by Gasteiger charge is 2.07. The number of allylic oxidation sites excluding steroid dienone is 2. The van der Waals surface area contributed by atoms with Gasteiger partial charge in [-0.25, -0.2) is 4.98 Å². The molecule has 0 amide bonds. The Kier molecular flexibility index (Phi) is 4.23. The van der Waals surface area contributed by atoms with Gasteiger partial charge in [0.1, 0.15) is 0 Å². The van der Waals surface area contributed by atoms with Crippen LogP contribution in [0.15, 0.2) is 53.0 Å². The topological polar surface area (TPSA) is 37.3 Å². The lowest BCUT2D eigenvalue weighted by Crippen LogP contribution is -2.04. The number of hydrogen-bond acceptors (Lipinski definition) is 4. The second-order valence-electron chi connectivity index (χ2n) is 4.84. The normalized spacial score (nSPS) is 18.5. The lowest BCUT2D eigenvalue weighted by Gasteiger charge is -2.11. The molecule has 2 aromatic rings. The zero-order chi connectivity index (χ0) is 13.6. The third-order valence-corrected chi connectivity index (χ3v) is 4.08. The first kappa shape index (κ1) is 13.1. The number of rotatable bonds is 4. The predicted octanol–water partition coefficient (Wildman–Crippen LogP) is 4.56. The highest BCUT2D eigenvalue weighted by molar-refractivity contribution is 7.14. The first-order valence-electron chi connectivity index (χ1n) is 6.87. The summed E-state index contributed by atoms with van der Waals surface area (Å²) >= 11 is 1.58. The van der Waals surface area contributed by atoms with Crippen LogP contribution in [0.25, 0.3) is 11.3 Å². The van der Waals surface area contributed by atoms with E-state index >= 15 is 0 Å². The van der Waals surface area contributed by atoms with E-state index in [-0.39, 0.29) is 0 Å². The molecule has 0 aliphatic heterocycles. The van der Waals surface area contributed by atoms with E-state index in [9.17, 15) is 0 Å². The molecule has 1 aliphatic rings. The fourth-order valence-electron chi connectivity index (χ4n) is 2.22. The highest BCUT2D eigenvalue weighted by Crippen LogP contribution is 2.24. The maximum Gasteiger partial charge on any atom is 0.203 e. The molecular formula is C16H17N3S. The van der Waals surface area contributed by atoms with E-state index < -0.39 is 0 Å². The van der Waals surface area contributed by atoms with Crippen molar-refractivity contribution in [1.82, 2.24) is 4.98 Å². The standard InChI is InChI=1S/C16H17N3S/c1-3-7-13(8-4-1)11-17-19-16-18-15(12-20-16)14-9-5-2-6-10-14/h1-3,5-6,9-13H,4,7-8H2,(H,18,19)/b17-11-/t13-/m0/s1.